The van der Waals surface area contributed by atoms with Crippen LogP contribution >= 0.6 is 0 Å². The maximum atomic E-state index is 10.7. The molecule has 108 valence electrons. The molecule has 1 heterocycles. The van der Waals surface area contributed by atoms with E-state index in [1.165, 1.54) is 0 Å². The highest BCUT2D eigenvalue weighted by Gasteiger charge is 2.01. The molecule has 0 fully saturated rings. The largest absolute Gasteiger partial charge is 0.494 e. The van der Waals surface area contributed by atoms with Gasteiger partial charge in [-0.25, -0.2) is 0 Å². The molecule has 5 nitrogen and oxygen atoms in total. The van der Waals surface area contributed by atoms with Gasteiger partial charge in [-0.15, -0.1) is 0 Å². The van der Waals surface area contributed by atoms with Crippen molar-refractivity contribution in [3.63, 3.8) is 0 Å². The minimum atomic E-state index is -3.34. The van der Waals surface area contributed by atoms with E-state index in [1.807, 2.05) is 30.3 Å². The number of hydrogen-bond acceptors (Lipinski definition) is 5. The second-order valence-electron chi connectivity index (χ2n) is 4.44. The van der Waals surface area contributed by atoms with Gasteiger partial charge in [0.1, 0.15) is 5.75 Å². The van der Waals surface area contributed by atoms with E-state index >= 15 is 0 Å². The summed E-state index contributed by atoms with van der Waals surface area (Å²) in [6.45, 7) is 0.715. The van der Waals surface area contributed by atoms with Crippen LogP contribution in [0.2, 0.25) is 0 Å². The number of hydrogen-bond donors (Lipinski definition) is 0. The number of nitrogens with zero attached hydrogens (tertiary/aromatic N) is 1. The summed E-state index contributed by atoms with van der Waals surface area (Å²) in [5, 5.41) is 1.07. The Morgan fingerprint density at radius 1 is 1.15 bits per heavy atom. The van der Waals surface area contributed by atoms with Crippen molar-refractivity contribution in [1.82, 2.24) is 4.98 Å². The van der Waals surface area contributed by atoms with Crippen molar-refractivity contribution in [3.05, 3.63) is 36.5 Å². The molecule has 2 rings (SSSR count). The lowest BCUT2D eigenvalue weighted by atomic mass is 10.2. The molecule has 0 aliphatic rings. The van der Waals surface area contributed by atoms with Gasteiger partial charge in [0.25, 0.3) is 10.1 Å². The minimum Gasteiger partial charge on any atom is -0.494 e. The Hall–Kier alpha value is -1.66. The summed E-state index contributed by atoms with van der Waals surface area (Å²) in [7, 11) is -3.34. The van der Waals surface area contributed by atoms with Crippen LogP contribution in [0.4, 0.5) is 0 Å². The molecule has 20 heavy (non-hydrogen) atoms. The van der Waals surface area contributed by atoms with Crippen molar-refractivity contribution in [2.24, 2.45) is 0 Å². The normalized spacial score (nSPS) is 11.7. The van der Waals surface area contributed by atoms with E-state index in [9.17, 15) is 8.42 Å². The topological polar surface area (TPSA) is 65.5 Å². The van der Waals surface area contributed by atoms with Crippen LogP contribution < -0.4 is 4.74 Å². The summed E-state index contributed by atoms with van der Waals surface area (Å²) in [5.41, 5.74) is 0.894. The first kappa shape index (κ1) is 14.7. The quantitative estimate of drug-likeness (QED) is 0.579. The monoisotopic (exact) mass is 295 g/mol. The number of unbranched alkanes of at least 4 members (excludes halogenated alkanes) is 1. The Morgan fingerprint density at radius 2 is 1.95 bits per heavy atom. The molecule has 2 aromatic rings. The fraction of sp³-hybridized carbons (Fsp3) is 0.357. The minimum absolute atomic E-state index is 0.196. The third-order valence-corrected chi connectivity index (χ3v) is 3.28. The Labute approximate surface area is 118 Å². The van der Waals surface area contributed by atoms with E-state index < -0.39 is 10.1 Å². The lowest BCUT2D eigenvalue weighted by Gasteiger charge is -2.07. The van der Waals surface area contributed by atoms with E-state index in [1.54, 1.807) is 6.20 Å². The third kappa shape index (κ3) is 4.79. The molecule has 0 aliphatic heterocycles. The molecule has 0 unspecified atom stereocenters. The highest BCUT2D eigenvalue weighted by atomic mass is 32.2. The second-order valence-corrected chi connectivity index (χ2v) is 6.08. The average molecular weight is 295 g/mol. The van der Waals surface area contributed by atoms with Crippen molar-refractivity contribution in [1.29, 1.82) is 0 Å². The van der Waals surface area contributed by atoms with Crippen molar-refractivity contribution in [2.45, 2.75) is 12.8 Å². The SMILES string of the molecule is CS(=O)(=O)OCCCCOc1ccc2cccnc2c1. The molecule has 0 bridgehead atoms. The van der Waals surface area contributed by atoms with Gasteiger partial charge in [-0.3, -0.25) is 9.17 Å². The highest BCUT2D eigenvalue weighted by molar-refractivity contribution is 7.85. The molecule has 0 spiro atoms. The molecule has 0 amide bonds. The molecule has 0 saturated carbocycles. The molecule has 1 aromatic heterocycles. The first-order valence-corrected chi connectivity index (χ1v) is 8.18. The molecule has 0 N–H and O–H groups in total. The van der Waals surface area contributed by atoms with E-state index in [-0.39, 0.29) is 6.61 Å². The summed E-state index contributed by atoms with van der Waals surface area (Å²) in [5.74, 6) is 0.764. The van der Waals surface area contributed by atoms with Crippen LogP contribution in [0.5, 0.6) is 5.75 Å². The Bertz CT molecular complexity index is 670. The van der Waals surface area contributed by atoms with Crippen molar-refractivity contribution in [3.8, 4) is 5.75 Å². The van der Waals surface area contributed by atoms with E-state index in [0.717, 1.165) is 29.3 Å². The summed E-state index contributed by atoms with van der Waals surface area (Å²) < 4.78 is 31.7. The summed E-state index contributed by atoms with van der Waals surface area (Å²) in [6, 6.07) is 9.64. The number of aromatic nitrogens is 1. The molecule has 6 heteroatoms. The molecule has 0 saturated heterocycles. The molecular formula is C14H17NO4S. The Kier molecular flexibility index (Phi) is 4.92. The van der Waals surface area contributed by atoms with Crippen LogP contribution in [0, 0.1) is 0 Å². The molecular weight excluding hydrogens is 278 g/mol. The van der Waals surface area contributed by atoms with Gasteiger partial charge in [0.15, 0.2) is 0 Å². The lowest BCUT2D eigenvalue weighted by Crippen LogP contribution is -2.05. The Morgan fingerprint density at radius 3 is 2.75 bits per heavy atom. The molecule has 0 atom stereocenters. The maximum absolute atomic E-state index is 10.7. The molecule has 0 radical (unpaired) electrons. The van der Waals surface area contributed by atoms with E-state index in [0.29, 0.717) is 13.0 Å². The average Bonchev–Trinajstić information content (AvgIpc) is 2.41. The first-order chi connectivity index (χ1) is 9.54. The van der Waals surface area contributed by atoms with Gasteiger partial charge in [-0.05, 0) is 31.0 Å². The van der Waals surface area contributed by atoms with Crippen molar-refractivity contribution in [2.75, 3.05) is 19.5 Å². The standard InChI is InChI=1S/C14H17NO4S/c1-20(16,17)19-10-3-2-9-18-13-7-6-12-5-4-8-15-14(12)11-13/h4-8,11H,2-3,9-10H2,1H3. The second kappa shape index (κ2) is 6.67. The summed E-state index contributed by atoms with van der Waals surface area (Å²) in [6.07, 6.45) is 4.16. The van der Waals surface area contributed by atoms with Gasteiger partial charge < -0.3 is 4.74 Å². The van der Waals surface area contributed by atoms with Gasteiger partial charge >= 0.3 is 0 Å². The van der Waals surface area contributed by atoms with Gasteiger partial charge in [-0.2, -0.15) is 8.42 Å². The van der Waals surface area contributed by atoms with Gasteiger partial charge in [-0.1, -0.05) is 6.07 Å². The van der Waals surface area contributed by atoms with Crippen LogP contribution in [0.25, 0.3) is 10.9 Å². The lowest BCUT2D eigenvalue weighted by molar-refractivity contribution is 0.270. The zero-order chi connectivity index (χ0) is 14.4. The predicted molar refractivity (Wildman–Crippen MR) is 77.3 cm³/mol. The predicted octanol–water partition coefficient (Wildman–Crippen LogP) is 2.37. The Balaban J connectivity index is 1.76. The van der Waals surface area contributed by atoms with Crippen LogP contribution in [0.15, 0.2) is 36.5 Å². The number of fused-ring (bicyclic) bond motifs is 1. The van der Waals surface area contributed by atoms with E-state index in [4.69, 9.17) is 4.74 Å². The molecule has 0 aliphatic carbocycles. The zero-order valence-corrected chi connectivity index (χ0v) is 12.1. The molecule has 1 aromatic carbocycles. The zero-order valence-electron chi connectivity index (χ0n) is 11.3. The fourth-order valence-corrected chi connectivity index (χ4v) is 2.16. The maximum Gasteiger partial charge on any atom is 0.264 e. The van der Waals surface area contributed by atoms with Gasteiger partial charge in [0, 0.05) is 17.6 Å². The van der Waals surface area contributed by atoms with Crippen LogP contribution in [0.3, 0.4) is 0 Å². The third-order valence-electron chi connectivity index (χ3n) is 2.68. The fourth-order valence-electron chi connectivity index (χ4n) is 1.74. The van der Waals surface area contributed by atoms with Crippen LogP contribution in [0.1, 0.15) is 12.8 Å². The smallest absolute Gasteiger partial charge is 0.264 e. The first-order valence-electron chi connectivity index (χ1n) is 6.36. The van der Waals surface area contributed by atoms with Crippen molar-refractivity contribution >= 4 is 21.0 Å². The van der Waals surface area contributed by atoms with Crippen LogP contribution in [-0.4, -0.2) is 32.9 Å². The van der Waals surface area contributed by atoms with Crippen molar-refractivity contribution < 1.29 is 17.3 Å². The van der Waals surface area contributed by atoms with Crippen LogP contribution in [-0.2, 0) is 14.3 Å². The van der Waals surface area contributed by atoms with E-state index in [2.05, 4.69) is 9.17 Å². The number of rotatable bonds is 7. The van der Waals surface area contributed by atoms with Gasteiger partial charge in [0.2, 0.25) is 0 Å². The highest BCUT2D eigenvalue weighted by Crippen LogP contribution is 2.18. The summed E-state index contributed by atoms with van der Waals surface area (Å²) in [4.78, 5) is 4.26. The van der Waals surface area contributed by atoms with Gasteiger partial charge in [0.05, 0.1) is 25.0 Å². The number of ether oxygens (including phenoxy) is 1. The number of benzene rings is 1. The number of pyridine rings is 1. The summed E-state index contributed by atoms with van der Waals surface area (Å²) >= 11 is 0.